The first-order valence-corrected chi connectivity index (χ1v) is 12.7. The molecule has 0 amide bonds. The van der Waals surface area contributed by atoms with Gasteiger partial charge in [0.1, 0.15) is 0 Å². The van der Waals surface area contributed by atoms with E-state index in [1.807, 2.05) is 0 Å². The molecule has 170 valence electrons. The standard InChI is InChI=1S/C36H26/c1-2-8-25(9-3-1)27-12-6-13-28(22-27)29-18-20-35-30(23-29)16-17-31-24-32(19-21-36(31)35)34-15-7-11-26-10-4-5-14-33(26)34/h1-23,31H,24H2. The van der Waals surface area contributed by atoms with Crippen molar-refractivity contribution in [2.24, 2.45) is 5.92 Å². The Morgan fingerprint density at radius 3 is 2.17 bits per heavy atom. The van der Waals surface area contributed by atoms with Crippen LogP contribution in [-0.2, 0) is 0 Å². The molecule has 1 unspecified atom stereocenters. The summed E-state index contributed by atoms with van der Waals surface area (Å²) in [6, 6.07) is 41.8. The van der Waals surface area contributed by atoms with E-state index in [9.17, 15) is 0 Å². The highest BCUT2D eigenvalue weighted by Gasteiger charge is 2.24. The molecule has 5 aromatic carbocycles. The molecule has 0 heteroatoms. The molecule has 0 fully saturated rings. The van der Waals surface area contributed by atoms with E-state index in [1.165, 1.54) is 60.9 Å². The van der Waals surface area contributed by atoms with Gasteiger partial charge in [-0.15, -0.1) is 0 Å². The third kappa shape index (κ3) is 3.63. The van der Waals surface area contributed by atoms with Gasteiger partial charge in [-0.25, -0.2) is 0 Å². The molecule has 0 N–H and O–H groups in total. The van der Waals surface area contributed by atoms with Crippen molar-refractivity contribution < 1.29 is 0 Å². The average molecular weight is 459 g/mol. The first kappa shape index (κ1) is 20.9. The van der Waals surface area contributed by atoms with Gasteiger partial charge < -0.3 is 0 Å². The Hall–Kier alpha value is -4.42. The van der Waals surface area contributed by atoms with Gasteiger partial charge in [-0.2, -0.15) is 0 Å². The third-order valence-electron chi connectivity index (χ3n) is 7.61. The van der Waals surface area contributed by atoms with E-state index in [4.69, 9.17) is 0 Å². The van der Waals surface area contributed by atoms with E-state index >= 15 is 0 Å². The van der Waals surface area contributed by atoms with Gasteiger partial charge in [0, 0.05) is 5.92 Å². The van der Waals surface area contributed by atoms with Crippen molar-refractivity contribution in [3.63, 3.8) is 0 Å². The highest BCUT2D eigenvalue weighted by atomic mass is 14.3. The molecule has 0 heterocycles. The maximum atomic E-state index is 2.40. The normalized spacial score (nSPS) is 16.2. The van der Waals surface area contributed by atoms with Gasteiger partial charge in [0.2, 0.25) is 0 Å². The lowest BCUT2D eigenvalue weighted by atomic mass is 9.76. The maximum Gasteiger partial charge on any atom is 0.00680 e. The predicted octanol–water partition coefficient (Wildman–Crippen LogP) is 9.69. The van der Waals surface area contributed by atoms with Gasteiger partial charge in [-0.1, -0.05) is 127 Å². The van der Waals surface area contributed by atoms with Gasteiger partial charge in [-0.05, 0) is 79.4 Å². The van der Waals surface area contributed by atoms with Crippen LogP contribution in [0.4, 0.5) is 0 Å². The zero-order valence-corrected chi connectivity index (χ0v) is 20.1. The summed E-state index contributed by atoms with van der Waals surface area (Å²) in [7, 11) is 0. The Morgan fingerprint density at radius 1 is 0.528 bits per heavy atom. The average Bonchev–Trinajstić information content (AvgIpc) is 2.96. The minimum absolute atomic E-state index is 0.420. The van der Waals surface area contributed by atoms with Gasteiger partial charge in [0.25, 0.3) is 0 Å². The molecule has 0 radical (unpaired) electrons. The van der Waals surface area contributed by atoms with Gasteiger partial charge in [-0.3, -0.25) is 0 Å². The minimum atomic E-state index is 0.420. The van der Waals surface area contributed by atoms with Crippen LogP contribution in [0.5, 0.6) is 0 Å². The number of allylic oxidation sites excluding steroid dienone is 5. The summed E-state index contributed by atoms with van der Waals surface area (Å²) in [5.74, 6) is 0.420. The lowest BCUT2D eigenvalue weighted by molar-refractivity contribution is 0.857. The van der Waals surface area contributed by atoms with Crippen molar-refractivity contribution in [2.75, 3.05) is 0 Å². The van der Waals surface area contributed by atoms with Crippen LogP contribution in [0.3, 0.4) is 0 Å². The molecule has 0 aromatic heterocycles. The van der Waals surface area contributed by atoms with Crippen LogP contribution in [0.2, 0.25) is 0 Å². The first-order valence-electron chi connectivity index (χ1n) is 12.7. The monoisotopic (exact) mass is 458 g/mol. The molecular formula is C36H26. The Bertz CT molecular complexity index is 1690. The van der Waals surface area contributed by atoms with Crippen molar-refractivity contribution in [3.05, 3.63) is 150 Å². The molecule has 1 atom stereocenters. The van der Waals surface area contributed by atoms with Crippen LogP contribution in [0.1, 0.15) is 23.1 Å². The number of fused-ring (bicyclic) bond motifs is 4. The molecule has 5 aromatic rings. The zero-order chi connectivity index (χ0) is 23.9. The van der Waals surface area contributed by atoms with Crippen LogP contribution < -0.4 is 0 Å². The Labute approximate surface area is 212 Å². The van der Waals surface area contributed by atoms with Crippen molar-refractivity contribution in [3.8, 4) is 22.3 Å². The van der Waals surface area contributed by atoms with Gasteiger partial charge >= 0.3 is 0 Å². The Morgan fingerprint density at radius 2 is 1.25 bits per heavy atom. The molecule has 7 rings (SSSR count). The molecule has 0 spiro atoms. The number of rotatable bonds is 3. The third-order valence-corrected chi connectivity index (χ3v) is 7.61. The fourth-order valence-electron chi connectivity index (χ4n) is 5.77. The van der Waals surface area contributed by atoms with Crippen LogP contribution >= 0.6 is 0 Å². The summed E-state index contributed by atoms with van der Waals surface area (Å²) in [6.07, 6.45) is 10.5. The van der Waals surface area contributed by atoms with Crippen LogP contribution in [0, 0.1) is 5.92 Å². The molecule has 0 nitrogen and oxygen atoms in total. The molecule has 36 heavy (non-hydrogen) atoms. The fourth-order valence-corrected chi connectivity index (χ4v) is 5.77. The maximum absolute atomic E-state index is 2.40. The molecule has 2 aliphatic carbocycles. The van der Waals surface area contributed by atoms with Crippen LogP contribution in [0.25, 0.3) is 50.2 Å². The van der Waals surface area contributed by atoms with E-state index in [0.717, 1.165) is 6.42 Å². The van der Waals surface area contributed by atoms with E-state index < -0.39 is 0 Å². The molecule has 0 saturated heterocycles. The molecule has 0 saturated carbocycles. The topological polar surface area (TPSA) is 0 Å². The Kier molecular flexibility index (Phi) is 5.03. The van der Waals surface area contributed by atoms with Crippen molar-refractivity contribution in [2.45, 2.75) is 6.42 Å². The highest BCUT2D eigenvalue weighted by molar-refractivity contribution is 5.96. The SMILES string of the molecule is C1=CC2CC(c3cccc4ccccc34)=CC=C2c2ccc(-c3cccc(-c4ccccc4)c3)cc21. The summed E-state index contributed by atoms with van der Waals surface area (Å²) in [5.41, 5.74) is 11.9. The number of hydrogen-bond acceptors (Lipinski definition) is 0. The second-order valence-electron chi connectivity index (χ2n) is 9.76. The molecular weight excluding hydrogens is 432 g/mol. The van der Waals surface area contributed by atoms with Crippen molar-refractivity contribution >= 4 is 28.0 Å². The van der Waals surface area contributed by atoms with E-state index in [-0.39, 0.29) is 0 Å². The van der Waals surface area contributed by atoms with E-state index in [1.54, 1.807) is 0 Å². The second kappa shape index (κ2) is 8.66. The predicted molar refractivity (Wildman–Crippen MR) is 154 cm³/mol. The lowest BCUT2D eigenvalue weighted by Crippen LogP contribution is -2.10. The second-order valence-corrected chi connectivity index (χ2v) is 9.76. The quantitative estimate of drug-likeness (QED) is 0.252. The smallest absolute Gasteiger partial charge is 0.00680 e. The van der Waals surface area contributed by atoms with Crippen molar-refractivity contribution in [1.29, 1.82) is 0 Å². The summed E-state index contributed by atoms with van der Waals surface area (Å²) < 4.78 is 0. The number of benzene rings is 5. The van der Waals surface area contributed by atoms with Crippen LogP contribution in [-0.4, -0.2) is 0 Å². The minimum Gasteiger partial charge on any atom is -0.0760 e. The van der Waals surface area contributed by atoms with Crippen molar-refractivity contribution in [1.82, 2.24) is 0 Å². The van der Waals surface area contributed by atoms with Crippen LogP contribution in [0.15, 0.2) is 133 Å². The van der Waals surface area contributed by atoms with Gasteiger partial charge in [0.05, 0.1) is 0 Å². The Balaban J connectivity index is 1.24. The van der Waals surface area contributed by atoms with E-state index in [0.29, 0.717) is 5.92 Å². The number of hydrogen-bond donors (Lipinski definition) is 0. The fraction of sp³-hybridized carbons (Fsp3) is 0.0556. The summed E-state index contributed by atoms with van der Waals surface area (Å²) in [6.45, 7) is 0. The highest BCUT2D eigenvalue weighted by Crippen LogP contribution is 2.43. The summed E-state index contributed by atoms with van der Waals surface area (Å²) in [5, 5.41) is 2.64. The zero-order valence-electron chi connectivity index (χ0n) is 20.1. The lowest BCUT2D eigenvalue weighted by Gasteiger charge is -2.28. The largest absolute Gasteiger partial charge is 0.0760 e. The molecule has 0 bridgehead atoms. The summed E-state index contributed by atoms with van der Waals surface area (Å²) in [4.78, 5) is 0. The summed E-state index contributed by atoms with van der Waals surface area (Å²) >= 11 is 0. The van der Waals surface area contributed by atoms with Gasteiger partial charge in [0.15, 0.2) is 0 Å². The first-order chi connectivity index (χ1) is 17.8. The van der Waals surface area contributed by atoms with E-state index in [2.05, 4.69) is 140 Å². The molecule has 2 aliphatic rings. The molecule has 0 aliphatic heterocycles.